The fraction of sp³-hybridized carbons (Fsp3) is 0.316. The van der Waals surface area contributed by atoms with Crippen molar-refractivity contribution in [3.05, 3.63) is 71.3 Å². The Kier molecular flexibility index (Phi) is 4.39. The lowest BCUT2D eigenvalue weighted by Gasteiger charge is -2.31. The highest BCUT2D eigenvalue weighted by Crippen LogP contribution is 2.35. The molecular formula is C19H22O. The molecule has 0 saturated heterocycles. The summed E-state index contributed by atoms with van der Waals surface area (Å²) < 4.78 is 0. The maximum absolute atomic E-state index is 13.1. The molecule has 0 aromatic heterocycles. The van der Waals surface area contributed by atoms with Gasteiger partial charge in [0, 0.05) is 5.56 Å². The minimum Gasteiger partial charge on any atom is -0.293 e. The van der Waals surface area contributed by atoms with Gasteiger partial charge in [-0.1, -0.05) is 67.9 Å². The summed E-state index contributed by atoms with van der Waals surface area (Å²) in [7, 11) is 0. The maximum Gasteiger partial charge on any atom is 0.173 e. The first kappa shape index (κ1) is 14.5. The quantitative estimate of drug-likeness (QED) is 0.701. The maximum atomic E-state index is 13.1. The van der Waals surface area contributed by atoms with Crippen molar-refractivity contribution >= 4 is 5.78 Å². The van der Waals surface area contributed by atoms with Crippen LogP contribution in [-0.2, 0) is 5.41 Å². The summed E-state index contributed by atoms with van der Waals surface area (Å²) in [5.74, 6) is 0.234. The first-order chi connectivity index (χ1) is 9.64. The number of hydrogen-bond donors (Lipinski definition) is 0. The van der Waals surface area contributed by atoms with Crippen LogP contribution in [0.3, 0.4) is 0 Å². The highest BCUT2D eigenvalue weighted by molar-refractivity contribution is 6.04. The van der Waals surface area contributed by atoms with Crippen LogP contribution in [0.1, 0.15) is 48.2 Å². The van der Waals surface area contributed by atoms with Gasteiger partial charge < -0.3 is 0 Å². The number of Topliss-reactive ketones (excluding diaryl/α,β-unsaturated/α-hetero) is 1. The molecule has 1 heteroatoms. The lowest BCUT2D eigenvalue weighted by Crippen LogP contribution is -2.34. The van der Waals surface area contributed by atoms with E-state index in [0.717, 1.165) is 29.5 Å². The van der Waals surface area contributed by atoms with Gasteiger partial charge in [0.1, 0.15) is 0 Å². The monoisotopic (exact) mass is 266 g/mol. The zero-order valence-electron chi connectivity index (χ0n) is 12.5. The van der Waals surface area contributed by atoms with Gasteiger partial charge in [0.05, 0.1) is 5.41 Å². The molecule has 0 bridgehead atoms. The van der Waals surface area contributed by atoms with E-state index in [0.29, 0.717) is 0 Å². The molecule has 0 aliphatic rings. The zero-order chi connectivity index (χ0) is 14.6. The second kappa shape index (κ2) is 6.04. The summed E-state index contributed by atoms with van der Waals surface area (Å²) in [4.78, 5) is 13.1. The minimum absolute atomic E-state index is 0.234. The average molecular weight is 266 g/mol. The molecule has 0 radical (unpaired) electrons. The van der Waals surface area contributed by atoms with Gasteiger partial charge in [0.15, 0.2) is 5.78 Å². The van der Waals surface area contributed by atoms with Crippen LogP contribution in [0.5, 0.6) is 0 Å². The van der Waals surface area contributed by atoms with Crippen molar-refractivity contribution < 1.29 is 4.79 Å². The summed E-state index contributed by atoms with van der Waals surface area (Å²) >= 11 is 0. The van der Waals surface area contributed by atoms with E-state index in [-0.39, 0.29) is 5.78 Å². The Bertz CT molecular complexity index is 580. The van der Waals surface area contributed by atoms with Gasteiger partial charge in [-0.3, -0.25) is 4.79 Å². The molecule has 0 saturated carbocycles. The van der Waals surface area contributed by atoms with Gasteiger partial charge in [0.25, 0.3) is 0 Å². The number of carbonyl (C=O) groups excluding carboxylic acids is 1. The molecule has 0 atom stereocenters. The summed E-state index contributed by atoms with van der Waals surface area (Å²) in [6.07, 6.45) is 1.64. The van der Waals surface area contributed by atoms with Crippen molar-refractivity contribution in [3.8, 4) is 0 Å². The molecule has 2 rings (SSSR count). The molecule has 0 aliphatic heterocycles. The summed E-state index contributed by atoms with van der Waals surface area (Å²) in [5.41, 5.74) is 2.66. The third-order valence-corrected chi connectivity index (χ3v) is 4.25. The summed E-state index contributed by atoms with van der Waals surface area (Å²) in [5, 5.41) is 0. The Morgan fingerprint density at radius 3 is 2.15 bits per heavy atom. The van der Waals surface area contributed by atoms with E-state index >= 15 is 0 Å². The zero-order valence-corrected chi connectivity index (χ0v) is 12.5. The smallest absolute Gasteiger partial charge is 0.173 e. The van der Waals surface area contributed by atoms with Crippen LogP contribution in [0.25, 0.3) is 0 Å². The van der Waals surface area contributed by atoms with Gasteiger partial charge in [-0.2, -0.15) is 0 Å². The Morgan fingerprint density at radius 2 is 1.60 bits per heavy atom. The van der Waals surface area contributed by atoms with Crippen molar-refractivity contribution in [1.82, 2.24) is 0 Å². The number of hydrogen-bond acceptors (Lipinski definition) is 1. The molecule has 0 heterocycles. The molecule has 0 spiro atoms. The number of ketones is 1. The third kappa shape index (κ3) is 2.53. The molecular weight excluding hydrogens is 244 g/mol. The van der Waals surface area contributed by atoms with Gasteiger partial charge in [-0.05, 0) is 31.4 Å². The molecule has 20 heavy (non-hydrogen) atoms. The molecule has 0 amide bonds. The molecule has 2 aromatic carbocycles. The van der Waals surface area contributed by atoms with Crippen molar-refractivity contribution in [2.24, 2.45) is 0 Å². The second-order valence-electron chi connectivity index (χ2n) is 5.35. The van der Waals surface area contributed by atoms with Crippen LogP contribution in [-0.4, -0.2) is 5.78 Å². The Balaban J connectivity index is 2.51. The van der Waals surface area contributed by atoms with Crippen molar-refractivity contribution in [3.63, 3.8) is 0 Å². The Hall–Kier alpha value is -1.89. The number of carbonyl (C=O) groups is 1. The number of rotatable bonds is 5. The van der Waals surface area contributed by atoms with Crippen LogP contribution < -0.4 is 0 Å². The Labute approximate surface area is 121 Å². The molecule has 0 unspecified atom stereocenters. The highest BCUT2D eigenvalue weighted by atomic mass is 16.1. The SMILES string of the molecule is CCC(CC)(C(=O)c1cccc(C)c1)c1ccccc1. The second-order valence-corrected chi connectivity index (χ2v) is 5.35. The Morgan fingerprint density at radius 1 is 0.950 bits per heavy atom. The van der Waals surface area contributed by atoms with E-state index < -0.39 is 5.41 Å². The topological polar surface area (TPSA) is 17.1 Å². The van der Waals surface area contributed by atoms with Crippen LogP contribution >= 0.6 is 0 Å². The van der Waals surface area contributed by atoms with E-state index in [9.17, 15) is 4.79 Å². The van der Waals surface area contributed by atoms with Crippen LogP contribution in [0, 0.1) is 6.92 Å². The fourth-order valence-electron chi connectivity index (χ4n) is 2.93. The van der Waals surface area contributed by atoms with Crippen LogP contribution in [0.15, 0.2) is 54.6 Å². The largest absolute Gasteiger partial charge is 0.293 e. The molecule has 0 aliphatic carbocycles. The third-order valence-electron chi connectivity index (χ3n) is 4.25. The van der Waals surface area contributed by atoms with E-state index in [1.165, 1.54) is 0 Å². The molecule has 1 nitrogen and oxygen atoms in total. The molecule has 104 valence electrons. The predicted octanol–water partition coefficient (Wildman–Crippen LogP) is 4.94. The normalized spacial score (nSPS) is 11.3. The first-order valence-electron chi connectivity index (χ1n) is 7.31. The van der Waals surface area contributed by atoms with E-state index in [2.05, 4.69) is 26.0 Å². The van der Waals surface area contributed by atoms with Gasteiger partial charge >= 0.3 is 0 Å². The van der Waals surface area contributed by atoms with E-state index in [1.807, 2.05) is 49.4 Å². The van der Waals surface area contributed by atoms with E-state index in [1.54, 1.807) is 0 Å². The highest BCUT2D eigenvalue weighted by Gasteiger charge is 2.36. The number of aryl methyl sites for hydroxylation is 1. The average Bonchev–Trinajstić information content (AvgIpc) is 2.50. The van der Waals surface area contributed by atoms with Crippen molar-refractivity contribution in [2.75, 3.05) is 0 Å². The van der Waals surface area contributed by atoms with Gasteiger partial charge in [-0.25, -0.2) is 0 Å². The first-order valence-corrected chi connectivity index (χ1v) is 7.31. The lowest BCUT2D eigenvalue weighted by atomic mass is 9.70. The van der Waals surface area contributed by atoms with Crippen LogP contribution in [0.4, 0.5) is 0 Å². The van der Waals surface area contributed by atoms with Gasteiger partial charge in [0.2, 0.25) is 0 Å². The van der Waals surface area contributed by atoms with Crippen LogP contribution in [0.2, 0.25) is 0 Å². The summed E-state index contributed by atoms with van der Waals surface area (Å²) in [6, 6.07) is 18.1. The van der Waals surface area contributed by atoms with Crippen molar-refractivity contribution in [1.29, 1.82) is 0 Å². The van der Waals surface area contributed by atoms with E-state index in [4.69, 9.17) is 0 Å². The molecule has 2 aromatic rings. The van der Waals surface area contributed by atoms with Crippen molar-refractivity contribution in [2.45, 2.75) is 39.0 Å². The minimum atomic E-state index is -0.408. The lowest BCUT2D eigenvalue weighted by molar-refractivity contribution is 0.0873. The summed E-state index contributed by atoms with van der Waals surface area (Å²) in [6.45, 7) is 6.23. The molecule has 0 N–H and O–H groups in total. The standard InChI is InChI=1S/C19H22O/c1-4-19(5-2,17-12-7-6-8-13-17)18(20)16-11-9-10-15(3)14-16/h6-14H,4-5H2,1-3H3. The van der Waals surface area contributed by atoms with Gasteiger partial charge in [-0.15, -0.1) is 0 Å². The molecule has 0 fully saturated rings. The number of benzene rings is 2. The fourth-order valence-corrected chi connectivity index (χ4v) is 2.93. The predicted molar refractivity (Wildman–Crippen MR) is 84.2 cm³/mol.